The molecular weight excluding hydrogens is 266 g/mol. The third-order valence-corrected chi connectivity index (χ3v) is 2.85. The minimum atomic E-state index is -0.468. The predicted molar refractivity (Wildman–Crippen MR) is 70.6 cm³/mol. The Balaban J connectivity index is 2.65. The second kappa shape index (κ2) is 5.12. The maximum absolute atomic E-state index is 11.9. The van der Waals surface area contributed by atoms with Gasteiger partial charge in [0, 0.05) is 11.1 Å². The zero-order chi connectivity index (χ0) is 14.0. The van der Waals surface area contributed by atoms with Gasteiger partial charge in [0.2, 0.25) is 0 Å². The Morgan fingerprint density at radius 1 is 1.47 bits per heavy atom. The highest BCUT2D eigenvalue weighted by Crippen LogP contribution is 2.18. The van der Waals surface area contributed by atoms with Crippen molar-refractivity contribution >= 4 is 11.6 Å². The summed E-state index contributed by atoms with van der Waals surface area (Å²) in [6, 6.07) is 7.96. The van der Waals surface area contributed by atoms with Crippen LogP contribution in [0, 0.1) is 18.3 Å². The normalized spacial score (nSPS) is 10.2. The number of rotatable bonds is 2. The molecule has 1 aromatic carbocycles. The van der Waals surface area contributed by atoms with Gasteiger partial charge in [0.1, 0.15) is 11.4 Å². The van der Waals surface area contributed by atoms with Gasteiger partial charge in [-0.3, -0.25) is 4.79 Å². The summed E-state index contributed by atoms with van der Waals surface area (Å²) in [7, 11) is 0. The molecular formula is C13H10ClN3O2. The highest BCUT2D eigenvalue weighted by molar-refractivity contribution is 6.30. The molecule has 6 heteroatoms. The molecule has 0 bridgehead atoms. The van der Waals surface area contributed by atoms with Crippen LogP contribution in [0.2, 0.25) is 5.02 Å². The van der Waals surface area contributed by atoms with Gasteiger partial charge in [0.15, 0.2) is 0 Å². The van der Waals surface area contributed by atoms with Crippen molar-refractivity contribution in [2.75, 3.05) is 0 Å². The smallest absolute Gasteiger partial charge is 0.275 e. The van der Waals surface area contributed by atoms with Crippen LogP contribution in [-0.4, -0.2) is 14.9 Å². The molecule has 0 amide bonds. The van der Waals surface area contributed by atoms with Crippen LogP contribution in [-0.2, 0) is 6.42 Å². The van der Waals surface area contributed by atoms with Crippen LogP contribution in [0.5, 0.6) is 5.75 Å². The Morgan fingerprint density at radius 2 is 2.21 bits per heavy atom. The third kappa shape index (κ3) is 2.59. The van der Waals surface area contributed by atoms with E-state index in [1.54, 1.807) is 25.1 Å². The number of nitriles is 1. The fraction of sp³-hybridized carbons (Fsp3) is 0.154. The molecule has 0 aliphatic rings. The summed E-state index contributed by atoms with van der Waals surface area (Å²) in [5.74, 6) is -0.269. The van der Waals surface area contributed by atoms with Crippen molar-refractivity contribution in [1.82, 2.24) is 9.78 Å². The zero-order valence-electron chi connectivity index (χ0n) is 10.1. The molecule has 0 saturated heterocycles. The maximum Gasteiger partial charge on any atom is 0.275 e. The zero-order valence-corrected chi connectivity index (χ0v) is 10.8. The van der Waals surface area contributed by atoms with Gasteiger partial charge in [-0.2, -0.15) is 15.0 Å². The minimum absolute atomic E-state index is 0.0707. The molecule has 96 valence electrons. The van der Waals surface area contributed by atoms with E-state index in [9.17, 15) is 9.90 Å². The summed E-state index contributed by atoms with van der Waals surface area (Å²) >= 11 is 5.86. The number of aryl methyl sites for hydroxylation is 1. The molecule has 0 aliphatic carbocycles. The molecule has 0 saturated carbocycles. The Kier molecular flexibility index (Phi) is 3.54. The first-order valence-electron chi connectivity index (χ1n) is 5.48. The Labute approximate surface area is 114 Å². The van der Waals surface area contributed by atoms with E-state index >= 15 is 0 Å². The van der Waals surface area contributed by atoms with E-state index < -0.39 is 5.56 Å². The highest BCUT2D eigenvalue weighted by Gasteiger charge is 2.10. The molecule has 0 spiro atoms. The molecule has 5 nitrogen and oxygen atoms in total. The van der Waals surface area contributed by atoms with Gasteiger partial charge in [-0.25, -0.2) is 0 Å². The SMILES string of the molecule is Cc1cc(Cl)ccc1-n1nc(CC#N)c(O)cc1=O. The monoisotopic (exact) mass is 275 g/mol. The van der Waals surface area contributed by atoms with Crippen molar-refractivity contribution < 1.29 is 5.11 Å². The number of hydrogen-bond acceptors (Lipinski definition) is 4. The van der Waals surface area contributed by atoms with E-state index in [2.05, 4.69) is 5.10 Å². The summed E-state index contributed by atoms with van der Waals surface area (Å²) in [6.45, 7) is 1.80. The topological polar surface area (TPSA) is 78.9 Å². The minimum Gasteiger partial charge on any atom is -0.506 e. The molecule has 0 unspecified atom stereocenters. The third-order valence-electron chi connectivity index (χ3n) is 2.62. The molecule has 19 heavy (non-hydrogen) atoms. The Morgan fingerprint density at radius 3 is 2.84 bits per heavy atom. The van der Waals surface area contributed by atoms with Crippen LogP contribution in [0.15, 0.2) is 29.1 Å². The first-order valence-corrected chi connectivity index (χ1v) is 5.86. The first-order chi connectivity index (χ1) is 9.02. The maximum atomic E-state index is 11.9. The van der Waals surface area contributed by atoms with Crippen molar-refractivity contribution in [3.05, 3.63) is 50.9 Å². The van der Waals surface area contributed by atoms with Crippen molar-refractivity contribution in [3.8, 4) is 17.5 Å². The summed E-state index contributed by atoms with van der Waals surface area (Å²) < 4.78 is 1.15. The molecule has 1 N–H and O–H groups in total. The molecule has 0 aliphatic heterocycles. The number of hydrogen-bond donors (Lipinski definition) is 1. The van der Waals surface area contributed by atoms with Crippen LogP contribution in [0.25, 0.3) is 5.69 Å². The fourth-order valence-corrected chi connectivity index (χ4v) is 1.94. The van der Waals surface area contributed by atoms with E-state index in [1.807, 2.05) is 6.07 Å². The predicted octanol–water partition coefficient (Wildman–Crippen LogP) is 1.97. The van der Waals surface area contributed by atoms with Gasteiger partial charge in [-0.05, 0) is 30.7 Å². The van der Waals surface area contributed by atoms with Gasteiger partial charge in [-0.15, -0.1) is 0 Å². The lowest BCUT2D eigenvalue weighted by atomic mass is 10.2. The summed E-state index contributed by atoms with van der Waals surface area (Å²) in [6.07, 6.45) is -0.0707. The van der Waals surface area contributed by atoms with Gasteiger partial charge in [0.05, 0.1) is 18.2 Å². The van der Waals surface area contributed by atoms with Crippen LogP contribution in [0.3, 0.4) is 0 Å². The quantitative estimate of drug-likeness (QED) is 0.909. The second-order valence-electron chi connectivity index (χ2n) is 3.99. The number of aromatic nitrogens is 2. The van der Waals surface area contributed by atoms with Gasteiger partial charge in [-0.1, -0.05) is 11.6 Å². The average molecular weight is 276 g/mol. The molecule has 1 heterocycles. The average Bonchev–Trinajstić information content (AvgIpc) is 2.34. The highest BCUT2D eigenvalue weighted by atomic mass is 35.5. The Hall–Kier alpha value is -2.32. The van der Waals surface area contributed by atoms with Gasteiger partial charge in [0.25, 0.3) is 5.56 Å². The number of aromatic hydroxyl groups is 1. The van der Waals surface area contributed by atoms with Crippen molar-refractivity contribution in [2.24, 2.45) is 0 Å². The fourth-order valence-electron chi connectivity index (χ4n) is 1.71. The van der Waals surface area contributed by atoms with Crippen molar-refractivity contribution in [3.63, 3.8) is 0 Å². The van der Waals surface area contributed by atoms with Crippen molar-refractivity contribution in [1.29, 1.82) is 5.26 Å². The molecule has 2 aromatic rings. The lowest BCUT2D eigenvalue weighted by Gasteiger charge is -2.10. The summed E-state index contributed by atoms with van der Waals surface area (Å²) in [5, 5.41) is 22.8. The van der Waals surface area contributed by atoms with E-state index in [1.165, 1.54) is 0 Å². The van der Waals surface area contributed by atoms with Crippen LogP contribution in [0.1, 0.15) is 11.3 Å². The van der Waals surface area contributed by atoms with Crippen LogP contribution >= 0.6 is 11.6 Å². The van der Waals surface area contributed by atoms with E-state index in [4.69, 9.17) is 16.9 Å². The number of halogens is 1. The molecule has 2 rings (SSSR count). The van der Waals surface area contributed by atoms with Crippen molar-refractivity contribution in [2.45, 2.75) is 13.3 Å². The molecule has 0 radical (unpaired) electrons. The standard InChI is InChI=1S/C13H10ClN3O2/c1-8-6-9(14)2-3-11(8)17-13(19)7-12(18)10(16-17)4-5-15/h2-3,6-7,18H,4H2,1H3. The lowest BCUT2D eigenvalue weighted by Crippen LogP contribution is -2.22. The molecule has 0 atom stereocenters. The largest absolute Gasteiger partial charge is 0.506 e. The van der Waals surface area contributed by atoms with E-state index in [0.29, 0.717) is 10.7 Å². The number of benzene rings is 1. The second-order valence-corrected chi connectivity index (χ2v) is 4.43. The lowest BCUT2D eigenvalue weighted by molar-refractivity contribution is 0.459. The first kappa shape index (κ1) is 13.1. The van der Waals surface area contributed by atoms with Crippen LogP contribution < -0.4 is 5.56 Å². The molecule has 1 aromatic heterocycles. The molecule has 0 fully saturated rings. The van der Waals surface area contributed by atoms with Gasteiger partial charge >= 0.3 is 0 Å². The van der Waals surface area contributed by atoms with Crippen LogP contribution in [0.4, 0.5) is 0 Å². The number of nitrogens with zero attached hydrogens (tertiary/aromatic N) is 3. The van der Waals surface area contributed by atoms with E-state index in [-0.39, 0.29) is 17.9 Å². The Bertz CT molecular complexity index is 732. The summed E-state index contributed by atoms with van der Waals surface area (Å²) in [5.41, 5.74) is 1.03. The summed E-state index contributed by atoms with van der Waals surface area (Å²) in [4.78, 5) is 11.9. The van der Waals surface area contributed by atoms with Gasteiger partial charge < -0.3 is 5.11 Å². The van der Waals surface area contributed by atoms with E-state index in [0.717, 1.165) is 16.3 Å².